The summed E-state index contributed by atoms with van der Waals surface area (Å²) in [4.78, 5) is 26.1. The Morgan fingerprint density at radius 1 is 1.58 bits per heavy atom. The molecule has 0 N–H and O–H groups in total. The molecule has 1 atom stereocenters. The lowest BCUT2D eigenvalue weighted by Gasteiger charge is -2.12. The molecule has 0 spiro atoms. The molecule has 0 saturated carbocycles. The number of hydrogen-bond donors (Lipinski definition) is 0. The van der Waals surface area contributed by atoms with Crippen LogP contribution in [0.15, 0.2) is 28.9 Å². The van der Waals surface area contributed by atoms with E-state index in [2.05, 4.69) is 4.99 Å². The summed E-state index contributed by atoms with van der Waals surface area (Å²) < 4.78 is 0.763. The zero-order valence-electron chi connectivity index (χ0n) is 6.30. The van der Waals surface area contributed by atoms with Crippen molar-refractivity contribution in [2.75, 3.05) is 6.54 Å². The van der Waals surface area contributed by atoms with Gasteiger partial charge in [0.05, 0.1) is 11.8 Å². The van der Waals surface area contributed by atoms with Crippen molar-refractivity contribution in [3.63, 3.8) is 0 Å². The molecule has 2 rings (SSSR count). The zero-order chi connectivity index (χ0) is 8.55. The van der Waals surface area contributed by atoms with Gasteiger partial charge in [-0.1, -0.05) is 0 Å². The van der Waals surface area contributed by atoms with Gasteiger partial charge in [-0.25, -0.2) is 0 Å². The summed E-state index contributed by atoms with van der Waals surface area (Å²) in [5, 5.41) is 0. The molecule has 12 heavy (non-hydrogen) atoms. The second kappa shape index (κ2) is 2.48. The molecule has 0 radical (unpaired) electrons. The van der Waals surface area contributed by atoms with Crippen LogP contribution >= 0.6 is 0 Å². The number of hydrogen-bond acceptors (Lipinski definition) is 3. The molecule has 0 amide bonds. The summed E-state index contributed by atoms with van der Waals surface area (Å²) in [6.45, 7) is 0.279. The lowest BCUT2D eigenvalue weighted by molar-refractivity contribution is -0.555. The van der Waals surface area contributed by atoms with Crippen LogP contribution in [0.1, 0.15) is 0 Å². The van der Waals surface area contributed by atoms with Crippen molar-refractivity contribution in [2.45, 2.75) is 6.04 Å². The van der Waals surface area contributed by atoms with Crippen LogP contribution in [0.25, 0.3) is 0 Å². The molecule has 2 heterocycles. The SMILES string of the molecule is O=C1C=NC=C2C=CC[N+](=O)C12. The van der Waals surface area contributed by atoms with E-state index in [1.807, 2.05) is 0 Å². The van der Waals surface area contributed by atoms with Gasteiger partial charge in [0.15, 0.2) is 0 Å². The minimum atomic E-state index is -0.646. The fourth-order valence-corrected chi connectivity index (χ4v) is 1.34. The smallest absolute Gasteiger partial charge is 0.285 e. The van der Waals surface area contributed by atoms with Crippen molar-refractivity contribution < 1.29 is 9.55 Å². The normalized spacial score (nSPS) is 27.0. The van der Waals surface area contributed by atoms with E-state index in [4.69, 9.17) is 0 Å². The third kappa shape index (κ3) is 0.922. The molecule has 0 aromatic carbocycles. The van der Waals surface area contributed by atoms with Gasteiger partial charge in [0.25, 0.3) is 6.04 Å². The fraction of sp³-hybridized carbons (Fsp3) is 0.250. The molecular weight excluding hydrogens is 156 g/mol. The largest absolute Gasteiger partial charge is 0.290 e. The van der Waals surface area contributed by atoms with Crippen LogP contribution in [0.3, 0.4) is 0 Å². The molecule has 4 nitrogen and oxygen atoms in total. The number of nitroso groups, excluding NO2 is 1. The molecule has 0 aliphatic carbocycles. The van der Waals surface area contributed by atoms with Gasteiger partial charge in [-0.15, -0.1) is 0 Å². The van der Waals surface area contributed by atoms with E-state index < -0.39 is 6.04 Å². The predicted octanol–water partition coefficient (Wildman–Crippen LogP) is 0.241. The number of aliphatic imine (C=N–C) groups is 1. The number of fused-ring (bicyclic) bond motifs is 1. The first-order chi connectivity index (χ1) is 5.79. The van der Waals surface area contributed by atoms with Crippen LogP contribution in [0.4, 0.5) is 0 Å². The van der Waals surface area contributed by atoms with E-state index in [-0.39, 0.29) is 12.3 Å². The van der Waals surface area contributed by atoms with Crippen molar-refractivity contribution in [3.05, 3.63) is 28.8 Å². The number of ketones is 1. The molecular formula is C8H7N2O2+. The molecule has 2 aliphatic rings. The fourth-order valence-electron chi connectivity index (χ4n) is 1.34. The molecule has 1 unspecified atom stereocenters. The van der Waals surface area contributed by atoms with E-state index >= 15 is 0 Å². The van der Waals surface area contributed by atoms with Crippen molar-refractivity contribution in [3.8, 4) is 0 Å². The second-order valence-electron chi connectivity index (χ2n) is 2.71. The third-order valence-corrected chi connectivity index (χ3v) is 1.89. The first-order valence-electron chi connectivity index (χ1n) is 3.66. The van der Waals surface area contributed by atoms with Crippen LogP contribution in [-0.4, -0.2) is 29.3 Å². The topological polar surface area (TPSA) is 49.5 Å². The van der Waals surface area contributed by atoms with Gasteiger partial charge in [0.2, 0.25) is 12.3 Å². The van der Waals surface area contributed by atoms with Crippen LogP contribution in [-0.2, 0) is 4.79 Å². The number of Topliss-reactive ketones (excluding diaryl/α,β-unsaturated/α-hetero) is 1. The van der Waals surface area contributed by atoms with Gasteiger partial charge in [0, 0.05) is 15.9 Å². The summed E-state index contributed by atoms with van der Waals surface area (Å²) in [5.41, 5.74) is 0.684. The van der Waals surface area contributed by atoms with Gasteiger partial charge in [0.1, 0.15) is 0 Å². The summed E-state index contributed by atoms with van der Waals surface area (Å²) in [6.07, 6.45) is 6.24. The van der Waals surface area contributed by atoms with Crippen molar-refractivity contribution in [1.82, 2.24) is 0 Å². The maximum Gasteiger partial charge on any atom is 0.290 e. The summed E-state index contributed by atoms with van der Waals surface area (Å²) in [6, 6.07) is -0.646. The van der Waals surface area contributed by atoms with Crippen molar-refractivity contribution >= 4 is 12.0 Å². The Bertz CT molecular complexity index is 339. The number of nitrogens with zero attached hydrogens (tertiary/aromatic N) is 2. The summed E-state index contributed by atoms with van der Waals surface area (Å²) >= 11 is 0. The Morgan fingerprint density at radius 2 is 2.42 bits per heavy atom. The highest BCUT2D eigenvalue weighted by Gasteiger charge is 2.37. The Morgan fingerprint density at radius 3 is 3.17 bits per heavy atom. The molecule has 0 saturated heterocycles. The van der Waals surface area contributed by atoms with Gasteiger partial charge in [-0.2, -0.15) is 0 Å². The average molecular weight is 163 g/mol. The van der Waals surface area contributed by atoms with Crippen LogP contribution in [0.2, 0.25) is 0 Å². The average Bonchev–Trinajstić information content (AvgIpc) is 2.04. The Hall–Kier alpha value is -1.58. The minimum absolute atomic E-state index is 0.230. The Balaban J connectivity index is 2.46. The quantitative estimate of drug-likeness (QED) is 0.480. The van der Waals surface area contributed by atoms with Crippen molar-refractivity contribution in [2.24, 2.45) is 4.99 Å². The first kappa shape index (κ1) is 7.09. The monoisotopic (exact) mass is 163 g/mol. The number of carbonyl (C=O) groups is 1. The Kier molecular flexibility index (Phi) is 1.46. The maximum atomic E-state index is 11.2. The molecule has 4 heteroatoms. The van der Waals surface area contributed by atoms with E-state index in [1.54, 1.807) is 18.4 Å². The molecule has 0 aromatic rings. The number of rotatable bonds is 0. The van der Waals surface area contributed by atoms with E-state index in [9.17, 15) is 9.70 Å². The highest BCUT2D eigenvalue weighted by atomic mass is 16.3. The van der Waals surface area contributed by atoms with Gasteiger partial charge in [-0.3, -0.25) is 9.79 Å². The predicted molar refractivity (Wildman–Crippen MR) is 43.0 cm³/mol. The van der Waals surface area contributed by atoms with Crippen LogP contribution in [0.5, 0.6) is 0 Å². The lowest BCUT2D eigenvalue weighted by Crippen LogP contribution is -2.38. The van der Waals surface area contributed by atoms with E-state index in [0.29, 0.717) is 5.57 Å². The second-order valence-corrected chi connectivity index (χ2v) is 2.71. The minimum Gasteiger partial charge on any atom is -0.285 e. The zero-order valence-corrected chi connectivity index (χ0v) is 6.30. The highest BCUT2D eigenvalue weighted by Crippen LogP contribution is 2.16. The Labute approximate surface area is 68.9 Å². The summed E-state index contributed by atoms with van der Waals surface area (Å²) in [5.74, 6) is -0.230. The van der Waals surface area contributed by atoms with Gasteiger partial charge >= 0.3 is 0 Å². The highest BCUT2D eigenvalue weighted by molar-refractivity contribution is 6.31. The molecule has 2 aliphatic heterocycles. The van der Waals surface area contributed by atoms with E-state index in [1.165, 1.54) is 6.21 Å². The van der Waals surface area contributed by atoms with Gasteiger partial charge in [-0.05, 0) is 12.2 Å². The maximum absolute atomic E-state index is 11.2. The van der Waals surface area contributed by atoms with Crippen molar-refractivity contribution in [1.29, 1.82) is 0 Å². The molecule has 0 fully saturated rings. The third-order valence-electron chi connectivity index (χ3n) is 1.89. The summed E-state index contributed by atoms with van der Waals surface area (Å²) in [7, 11) is 0. The standard InChI is InChI=1S/C8H7N2O2/c11-7-5-9-4-6-2-1-3-10(12)8(6)7/h1-2,4-5,8H,3H2/q+1. The van der Waals surface area contributed by atoms with Crippen LogP contribution < -0.4 is 0 Å². The van der Waals surface area contributed by atoms with Gasteiger partial charge < -0.3 is 0 Å². The number of carbonyl (C=O) groups excluding carboxylic acids is 1. The molecule has 60 valence electrons. The van der Waals surface area contributed by atoms with Crippen LogP contribution in [0, 0.1) is 4.91 Å². The molecule has 0 bridgehead atoms. The lowest BCUT2D eigenvalue weighted by atomic mass is 9.99. The molecule has 0 aromatic heterocycles. The first-order valence-corrected chi connectivity index (χ1v) is 3.66. The van der Waals surface area contributed by atoms with E-state index in [0.717, 1.165) is 4.76 Å².